The summed E-state index contributed by atoms with van der Waals surface area (Å²) in [4.78, 5) is 14.3. The molecule has 0 radical (unpaired) electrons. The van der Waals surface area contributed by atoms with E-state index in [4.69, 9.17) is 18.9 Å². The van der Waals surface area contributed by atoms with Crippen LogP contribution in [0.2, 0.25) is 0 Å². The van der Waals surface area contributed by atoms with E-state index in [1.54, 1.807) is 0 Å². The first-order valence-corrected chi connectivity index (χ1v) is 9.18. The average molecular weight is 366 g/mol. The fraction of sp³-hybridized carbons (Fsp3) is 0.632. The van der Waals surface area contributed by atoms with Gasteiger partial charge in [-0.3, -0.25) is 9.69 Å². The van der Waals surface area contributed by atoms with E-state index in [0.29, 0.717) is 79.0 Å². The smallest absolute Gasteiger partial charge is 0.234 e. The second-order valence-corrected chi connectivity index (χ2v) is 5.99. The Labute approximate surface area is 155 Å². The molecule has 7 nitrogen and oxygen atoms in total. The summed E-state index contributed by atoms with van der Waals surface area (Å²) in [6.07, 6.45) is 0. The molecule has 0 aromatic heterocycles. The van der Waals surface area contributed by atoms with Crippen LogP contribution in [-0.4, -0.2) is 83.3 Å². The fourth-order valence-electron chi connectivity index (χ4n) is 2.47. The summed E-state index contributed by atoms with van der Waals surface area (Å²) >= 11 is 0. The van der Waals surface area contributed by atoms with Crippen LogP contribution in [0.4, 0.5) is 0 Å². The second-order valence-electron chi connectivity index (χ2n) is 5.99. The van der Waals surface area contributed by atoms with E-state index in [-0.39, 0.29) is 5.91 Å². The Morgan fingerprint density at radius 3 is 1.85 bits per heavy atom. The van der Waals surface area contributed by atoms with Gasteiger partial charge in [-0.25, -0.2) is 0 Å². The van der Waals surface area contributed by atoms with Crippen LogP contribution in [0.25, 0.3) is 0 Å². The molecule has 7 heteroatoms. The number of carbonyl (C=O) groups excluding carboxylic acids is 1. The molecular formula is C19H30N2O5. The lowest BCUT2D eigenvalue weighted by Crippen LogP contribution is -2.40. The maximum atomic E-state index is 12.2. The van der Waals surface area contributed by atoms with E-state index < -0.39 is 0 Å². The largest absolute Gasteiger partial charge is 0.378 e. The number of hydrogen-bond acceptors (Lipinski definition) is 6. The Kier molecular flexibility index (Phi) is 10.9. The maximum Gasteiger partial charge on any atom is 0.234 e. The summed E-state index contributed by atoms with van der Waals surface area (Å²) in [6.45, 7) is 6.68. The molecule has 1 fully saturated rings. The summed E-state index contributed by atoms with van der Waals surface area (Å²) in [5.74, 6) is -0.00145. The van der Waals surface area contributed by atoms with Gasteiger partial charge in [-0.15, -0.1) is 0 Å². The first-order valence-electron chi connectivity index (χ1n) is 9.18. The Hall–Kier alpha value is -1.51. The van der Waals surface area contributed by atoms with Gasteiger partial charge in [0.05, 0.1) is 59.4 Å². The third kappa shape index (κ3) is 9.84. The Bertz CT molecular complexity index is 470. The van der Waals surface area contributed by atoms with Gasteiger partial charge in [-0.05, 0) is 5.56 Å². The molecule has 0 atom stereocenters. The number of hydrogen-bond donors (Lipinski definition) is 1. The zero-order chi connectivity index (χ0) is 18.3. The SMILES string of the molecule is O=C(CN1CCOCCOCCOCCOCC1)NCc1ccccc1. The van der Waals surface area contributed by atoms with E-state index in [1.807, 2.05) is 35.2 Å². The van der Waals surface area contributed by atoms with Gasteiger partial charge in [0.15, 0.2) is 0 Å². The highest BCUT2D eigenvalue weighted by Crippen LogP contribution is 1.98. The third-order valence-corrected chi connectivity index (χ3v) is 3.92. The quantitative estimate of drug-likeness (QED) is 0.845. The molecule has 1 N–H and O–H groups in total. The van der Waals surface area contributed by atoms with Crippen LogP contribution in [0, 0.1) is 0 Å². The molecule has 1 saturated heterocycles. The van der Waals surface area contributed by atoms with E-state index in [1.165, 1.54) is 0 Å². The van der Waals surface area contributed by atoms with E-state index >= 15 is 0 Å². The second kappa shape index (κ2) is 13.7. The Morgan fingerprint density at radius 2 is 1.31 bits per heavy atom. The zero-order valence-electron chi connectivity index (χ0n) is 15.4. The van der Waals surface area contributed by atoms with Crippen molar-refractivity contribution in [2.24, 2.45) is 0 Å². The summed E-state index contributed by atoms with van der Waals surface area (Å²) < 4.78 is 22.0. The van der Waals surface area contributed by atoms with Gasteiger partial charge in [0.2, 0.25) is 5.91 Å². The molecule has 146 valence electrons. The van der Waals surface area contributed by atoms with Crippen LogP contribution in [0.15, 0.2) is 30.3 Å². The predicted molar refractivity (Wildman–Crippen MR) is 98.0 cm³/mol. The fourth-order valence-corrected chi connectivity index (χ4v) is 2.47. The molecule has 1 aliphatic rings. The van der Waals surface area contributed by atoms with Crippen molar-refractivity contribution in [1.29, 1.82) is 0 Å². The highest BCUT2D eigenvalue weighted by atomic mass is 16.6. The van der Waals surface area contributed by atoms with Crippen molar-refractivity contribution in [3.8, 4) is 0 Å². The third-order valence-electron chi connectivity index (χ3n) is 3.92. The van der Waals surface area contributed by atoms with Crippen LogP contribution in [0.1, 0.15) is 5.56 Å². The lowest BCUT2D eigenvalue weighted by molar-refractivity contribution is -0.122. The summed E-state index contributed by atoms with van der Waals surface area (Å²) in [7, 11) is 0. The Morgan fingerprint density at radius 1 is 0.808 bits per heavy atom. The number of amides is 1. The molecule has 1 heterocycles. The van der Waals surface area contributed by atoms with E-state index in [2.05, 4.69) is 5.32 Å². The number of rotatable bonds is 4. The molecule has 26 heavy (non-hydrogen) atoms. The van der Waals surface area contributed by atoms with Gasteiger partial charge >= 0.3 is 0 Å². The van der Waals surface area contributed by atoms with Crippen LogP contribution >= 0.6 is 0 Å². The molecule has 0 aliphatic carbocycles. The van der Waals surface area contributed by atoms with Gasteiger partial charge in [0.25, 0.3) is 0 Å². The minimum atomic E-state index is -0.00145. The first kappa shape index (κ1) is 20.8. The molecule has 1 aromatic carbocycles. The molecule has 1 aliphatic heterocycles. The van der Waals surface area contributed by atoms with Crippen molar-refractivity contribution in [1.82, 2.24) is 10.2 Å². The number of ether oxygens (including phenoxy) is 4. The molecule has 1 amide bonds. The standard InChI is InChI=1S/C19H30N2O5/c22-19(20-16-18-4-2-1-3-5-18)17-21-6-8-23-10-12-25-14-15-26-13-11-24-9-7-21/h1-5H,6-17H2,(H,20,22). The molecule has 0 bridgehead atoms. The average Bonchev–Trinajstić information content (AvgIpc) is 2.67. The van der Waals surface area contributed by atoms with Crippen LogP contribution in [0.5, 0.6) is 0 Å². The minimum Gasteiger partial charge on any atom is -0.378 e. The molecule has 1 aromatic rings. The van der Waals surface area contributed by atoms with Gasteiger partial charge in [0, 0.05) is 19.6 Å². The highest BCUT2D eigenvalue weighted by molar-refractivity contribution is 5.78. The number of benzene rings is 1. The molecule has 0 saturated carbocycles. The summed E-state index contributed by atoms with van der Waals surface area (Å²) in [5, 5.41) is 2.96. The van der Waals surface area contributed by atoms with Crippen LogP contribution in [-0.2, 0) is 30.3 Å². The van der Waals surface area contributed by atoms with Crippen molar-refractivity contribution in [3.05, 3.63) is 35.9 Å². The normalized spacial score (nSPS) is 19.2. The molecule has 0 spiro atoms. The van der Waals surface area contributed by atoms with Crippen LogP contribution in [0.3, 0.4) is 0 Å². The van der Waals surface area contributed by atoms with Gasteiger partial charge < -0.3 is 24.3 Å². The van der Waals surface area contributed by atoms with Crippen LogP contribution < -0.4 is 5.32 Å². The number of carbonyl (C=O) groups is 1. The zero-order valence-corrected chi connectivity index (χ0v) is 15.4. The van der Waals surface area contributed by atoms with Gasteiger partial charge in [-0.2, -0.15) is 0 Å². The number of nitrogens with one attached hydrogen (secondary N) is 1. The van der Waals surface area contributed by atoms with Crippen molar-refractivity contribution < 1.29 is 23.7 Å². The Balaban J connectivity index is 1.72. The number of nitrogens with zero attached hydrogens (tertiary/aromatic N) is 1. The van der Waals surface area contributed by atoms with Crippen molar-refractivity contribution in [2.45, 2.75) is 6.54 Å². The molecule has 0 unspecified atom stereocenters. The van der Waals surface area contributed by atoms with Gasteiger partial charge in [0.1, 0.15) is 0 Å². The monoisotopic (exact) mass is 366 g/mol. The van der Waals surface area contributed by atoms with Gasteiger partial charge in [-0.1, -0.05) is 30.3 Å². The molecule has 2 rings (SSSR count). The lowest BCUT2D eigenvalue weighted by Gasteiger charge is -2.21. The van der Waals surface area contributed by atoms with Crippen molar-refractivity contribution >= 4 is 5.91 Å². The highest BCUT2D eigenvalue weighted by Gasteiger charge is 2.11. The summed E-state index contributed by atoms with van der Waals surface area (Å²) in [5.41, 5.74) is 1.09. The lowest BCUT2D eigenvalue weighted by atomic mass is 10.2. The summed E-state index contributed by atoms with van der Waals surface area (Å²) in [6, 6.07) is 9.89. The first-order chi connectivity index (χ1) is 12.8. The maximum absolute atomic E-state index is 12.2. The minimum absolute atomic E-state index is 0.00145. The van der Waals surface area contributed by atoms with E-state index in [9.17, 15) is 4.79 Å². The predicted octanol–water partition coefficient (Wildman–Crippen LogP) is 0.685. The van der Waals surface area contributed by atoms with Crippen molar-refractivity contribution in [3.63, 3.8) is 0 Å². The van der Waals surface area contributed by atoms with E-state index in [0.717, 1.165) is 5.56 Å². The topological polar surface area (TPSA) is 69.3 Å². The van der Waals surface area contributed by atoms with Crippen molar-refractivity contribution in [2.75, 3.05) is 72.5 Å². The molecular weight excluding hydrogens is 336 g/mol.